The van der Waals surface area contributed by atoms with Gasteiger partial charge in [0.15, 0.2) is 0 Å². The van der Waals surface area contributed by atoms with Crippen molar-refractivity contribution in [2.24, 2.45) is 5.92 Å². The van der Waals surface area contributed by atoms with Crippen molar-refractivity contribution in [1.29, 1.82) is 0 Å². The van der Waals surface area contributed by atoms with Gasteiger partial charge in [0, 0.05) is 31.9 Å². The largest absolute Gasteiger partial charge is 0.341 e. The predicted octanol–water partition coefficient (Wildman–Crippen LogP) is 2.26. The van der Waals surface area contributed by atoms with Gasteiger partial charge in [0.05, 0.1) is 0 Å². The molecule has 0 aromatic carbocycles. The Morgan fingerprint density at radius 3 is 2.48 bits per heavy atom. The summed E-state index contributed by atoms with van der Waals surface area (Å²) >= 11 is 0. The molecular formula is C16H24N4O. The molecule has 2 aliphatic rings. The molecular weight excluding hydrogens is 264 g/mol. The number of carbonyl (C=O) groups is 1. The highest BCUT2D eigenvalue weighted by Gasteiger charge is 2.24. The summed E-state index contributed by atoms with van der Waals surface area (Å²) < 4.78 is 0. The molecule has 3 rings (SSSR count). The SMILES string of the molecule is Cc1cc(C(=O)N2CCC(C)CC2)nc(N2CCCC2)n1. The average Bonchev–Trinajstić information content (AvgIpc) is 3.01. The Morgan fingerprint density at radius 2 is 1.81 bits per heavy atom. The van der Waals surface area contributed by atoms with E-state index in [-0.39, 0.29) is 5.91 Å². The van der Waals surface area contributed by atoms with Crippen LogP contribution in [0.3, 0.4) is 0 Å². The molecule has 21 heavy (non-hydrogen) atoms. The number of hydrogen-bond donors (Lipinski definition) is 0. The monoisotopic (exact) mass is 288 g/mol. The van der Waals surface area contributed by atoms with Crippen molar-refractivity contribution < 1.29 is 4.79 Å². The summed E-state index contributed by atoms with van der Waals surface area (Å²) in [6, 6.07) is 1.82. The van der Waals surface area contributed by atoms with Crippen LogP contribution in [0.2, 0.25) is 0 Å². The fraction of sp³-hybridized carbons (Fsp3) is 0.688. The van der Waals surface area contributed by atoms with Crippen LogP contribution in [0.15, 0.2) is 6.07 Å². The van der Waals surface area contributed by atoms with Gasteiger partial charge in [-0.3, -0.25) is 4.79 Å². The molecule has 0 spiro atoms. The number of carbonyl (C=O) groups excluding carboxylic acids is 1. The third-order valence-corrected chi connectivity index (χ3v) is 4.52. The molecule has 0 saturated carbocycles. The number of aryl methyl sites for hydroxylation is 1. The molecule has 5 heteroatoms. The van der Waals surface area contributed by atoms with Crippen LogP contribution in [-0.2, 0) is 0 Å². The predicted molar refractivity (Wildman–Crippen MR) is 82.5 cm³/mol. The average molecular weight is 288 g/mol. The van der Waals surface area contributed by atoms with Crippen LogP contribution in [0.4, 0.5) is 5.95 Å². The van der Waals surface area contributed by atoms with Gasteiger partial charge in [-0.15, -0.1) is 0 Å². The summed E-state index contributed by atoms with van der Waals surface area (Å²) in [6.45, 7) is 7.89. The smallest absolute Gasteiger partial charge is 0.272 e. The Morgan fingerprint density at radius 1 is 1.14 bits per heavy atom. The van der Waals surface area contributed by atoms with Gasteiger partial charge in [-0.25, -0.2) is 9.97 Å². The van der Waals surface area contributed by atoms with Crippen molar-refractivity contribution in [1.82, 2.24) is 14.9 Å². The highest BCUT2D eigenvalue weighted by Crippen LogP contribution is 2.20. The second-order valence-electron chi connectivity index (χ2n) is 6.36. The first-order valence-electron chi connectivity index (χ1n) is 8.03. The van der Waals surface area contributed by atoms with Gasteiger partial charge in [-0.2, -0.15) is 0 Å². The zero-order valence-electron chi connectivity index (χ0n) is 13.0. The van der Waals surface area contributed by atoms with E-state index >= 15 is 0 Å². The first-order valence-corrected chi connectivity index (χ1v) is 8.03. The quantitative estimate of drug-likeness (QED) is 0.837. The van der Waals surface area contributed by atoms with E-state index in [0.29, 0.717) is 5.69 Å². The van der Waals surface area contributed by atoms with E-state index in [1.807, 2.05) is 17.9 Å². The van der Waals surface area contributed by atoms with Crippen molar-refractivity contribution in [3.8, 4) is 0 Å². The van der Waals surface area contributed by atoms with Crippen LogP contribution in [-0.4, -0.2) is 47.0 Å². The number of likely N-dealkylation sites (tertiary alicyclic amines) is 1. The molecule has 0 N–H and O–H groups in total. The van der Waals surface area contributed by atoms with Crippen molar-refractivity contribution in [2.75, 3.05) is 31.1 Å². The number of hydrogen-bond acceptors (Lipinski definition) is 4. The van der Waals surface area contributed by atoms with E-state index < -0.39 is 0 Å². The maximum absolute atomic E-state index is 12.6. The van der Waals surface area contributed by atoms with Gasteiger partial charge < -0.3 is 9.80 Å². The third kappa shape index (κ3) is 3.17. The molecule has 1 amide bonds. The maximum atomic E-state index is 12.6. The minimum absolute atomic E-state index is 0.0628. The zero-order chi connectivity index (χ0) is 14.8. The number of nitrogens with zero attached hydrogens (tertiary/aromatic N) is 4. The van der Waals surface area contributed by atoms with E-state index in [1.165, 1.54) is 12.8 Å². The minimum Gasteiger partial charge on any atom is -0.341 e. The standard InChI is InChI=1S/C16H24N4O/c1-12-5-9-19(10-6-12)15(21)14-11-13(2)17-16(18-14)20-7-3-4-8-20/h11-12H,3-10H2,1-2H3. The van der Waals surface area contributed by atoms with Crippen LogP contribution in [0.5, 0.6) is 0 Å². The number of anilines is 1. The maximum Gasteiger partial charge on any atom is 0.272 e. The first kappa shape index (κ1) is 14.3. The normalized spacial score (nSPS) is 20.1. The Labute approximate surface area is 126 Å². The molecule has 0 atom stereocenters. The molecule has 114 valence electrons. The van der Waals surface area contributed by atoms with Gasteiger partial charge in [-0.1, -0.05) is 6.92 Å². The molecule has 5 nitrogen and oxygen atoms in total. The number of aromatic nitrogens is 2. The Balaban J connectivity index is 1.79. The molecule has 2 fully saturated rings. The van der Waals surface area contributed by atoms with Crippen LogP contribution in [0.25, 0.3) is 0 Å². The summed E-state index contributed by atoms with van der Waals surface area (Å²) in [4.78, 5) is 25.8. The van der Waals surface area contributed by atoms with Crippen molar-refractivity contribution in [3.63, 3.8) is 0 Å². The third-order valence-electron chi connectivity index (χ3n) is 4.52. The van der Waals surface area contributed by atoms with E-state index in [1.54, 1.807) is 0 Å². The van der Waals surface area contributed by atoms with Gasteiger partial charge in [-0.05, 0) is 44.6 Å². The molecule has 1 aromatic heterocycles. The summed E-state index contributed by atoms with van der Waals surface area (Å²) in [7, 11) is 0. The van der Waals surface area contributed by atoms with Gasteiger partial charge in [0.25, 0.3) is 5.91 Å². The summed E-state index contributed by atoms with van der Waals surface area (Å²) in [6.07, 6.45) is 4.55. The van der Waals surface area contributed by atoms with E-state index in [2.05, 4.69) is 21.8 Å². The molecule has 1 aromatic rings. The Bertz CT molecular complexity index is 517. The molecule has 2 saturated heterocycles. The van der Waals surface area contributed by atoms with Crippen molar-refractivity contribution >= 4 is 11.9 Å². The van der Waals surface area contributed by atoms with Gasteiger partial charge in [0.1, 0.15) is 5.69 Å². The zero-order valence-corrected chi connectivity index (χ0v) is 13.0. The molecule has 2 aliphatic heterocycles. The van der Waals surface area contributed by atoms with Crippen molar-refractivity contribution in [3.05, 3.63) is 17.5 Å². The highest BCUT2D eigenvalue weighted by atomic mass is 16.2. The molecule has 3 heterocycles. The Kier molecular flexibility index (Phi) is 4.08. The number of amides is 1. The van der Waals surface area contributed by atoms with E-state index in [4.69, 9.17) is 0 Å². The summed E-state index contributed by atoms with van der Waals surface area (Å²) in [5.41, 5.74) is 1.43. The second kappa shape index (κ2) is 6.00. The highest BCUT2D eigenvalue weighted by molar-refractivity contribution is 5.92. The molecule has 0 unspecified atom stereocenters. The lowest BCUT2D eigenvalue weighted by molar-refractivity contribution is 0.0691. The van der Waals surface area contributed by atoms with Crippen LogP contribution in [0, 0.1) is 12.8 Å². The van der Waals surface area contributed by atoms with Gasteiger partial charge >= 0.3 is 0 Å². The fourth-order valence-electron chi connectivity index (χ4n) is 3.09. The van der Waals surface area contributed by atoms with E-state index in [9.17, 15) is 4.79 Å². The fourth-order valence-corrected chi connectivity index (χ4v) is 3.09. The lowest BCUT2D eigenvalue weighted by atomic mass is 9.99. The molecule has 0 radical (unpaired) electrons. The first-order chi connectivity index (χ1) is 10.1. The molecule has 0 aliphatic carbocycles. The van der Waals surface area contributed by atoms with Gasteiger partial charge in [0.2, 0.25) is 5.95 Å². The summed E-state index contributed by atoms with van der Waals surface area (Å²) in [5.74, 6) is 1.51. The van der Waals surface area contributed by atoms with E-state index in [0.717, 1.165) is 56.6 Å². The number of piperidine rings is 1. The summed E-state index contributed by atoms with van der Waals surface area (Å²) in [5, 5.41) is 0. The lowest BCUT2D eigenvalue weighted by Crippen LogP contribution is -2.38. The second-order valence-corrected chi connectivity index (χ2v) is 6.36. The lowest BCUT2D eigenvalue weighted by Gasteiger charge is -2.30. The van der Waals surface area contributed by atoms with Crippen LogP contribution >= 0.6 is 0 Å². The van der Waals surface area contributed by atoms with Crippen LogP contribution in [0.1, 0.15) is 48.8 Å². The minimum atomic E-state index is 0.0628. The number of rotatable bonds is 2. The molecule has 0 bridgehead atoms. The Hall–Kier alpha value is -1.65. The van der Waals surface area contributed by atoms with Crippen LogP contribution < -0.4 is 4.90 Å². The topological polar surface area (TPSA) is 49.3 Å². The van der Waals surface area contributed by atoms with Crippen molar-refractivity contribution in [2.45, 2.75) is 39.5 Å².